The van der Waals surface area contributed by atoms with Crippen LogP contribution in [0, 0.1) is 0 Å². The maximum Gasteiger partial charge on any atom is 0.0827 e. The maximum atomic E-state index is 5.99. The number of fused-ring (bicyclic) bond motifs is 2. The summed E-state index contributed by atoms with van der Waals surface area (Å²) in [6, 6.07) is 9.27. The molecule has 3 heterocycles. The first-order chi connectivity index (χ1) is 10.4. The zero-order valence-corrected chi connectivity index (χ0v) is 12.3. The molecule has 4 heteroatoms. The number of H-pyrrole nitrogens is 1. The summed E-state index contributed by atoms with van der Waals surface area (Å²) in [4.78, 5) is 5.87. The maximum absolute atomic E-state index is 5.99. The van der Waals surface area contributed by atoms with E-state index in [4.69, 9.17) is 4.74 Å². The molecule has 2 atom stereocenters. The fourth-order valence-corrected chi connectivity index (χ4v) is 3.68. The molecule has 1 aromatic carbocycles. The van der Waals surface area contributed by atoms with E-state index in [2.05, 4.69) is 39.5 Å². The number of hydrogen-bond acceptors (Lipinski definition) is 3. The van der Waals surface area contributed by atoms with Gasteiger partial charge in [-0.1, -0.05) is 12.1 Å². The topological polar surface area (TPSA) is 40.3 Å². The molecule has 2 fully saturated rings. The lowest BCUT2D eigenvalue weighted by Crippen LogP contribution is -2.49. The Kier molecular flexibility index (Phi) is 3.67. The second-order valence-corrected chi connectivity index (χ2v) is 6.23. The third-order valence-electron chi connectivity index (χ3n) is 4.83. The van der Waals surface area contributed by atoms with Crippen LogP contribution in [0.2, 0.25) is 0 Å². The summed E-state index contributed by atoms with van der Waals surface area (Å²) in [5.41, 5.74) is 2.56. The van der Waals surface area contributed by atoms with E-state index in [-0.39, 0.29) is 0 Å². The second kappa shape index (κ2) is 5.79. The van der Waals surface area contributed by atoms with Gasteiger partial charge in [-0.15, -0.1) is 0 Å². The van der Waals surface area contributed by atoms with Crippen LogP contribution in [0.1, 0.15) is 18.4 Å². The van der Waals surface area contributed by atoms with Crippen LogP contribution in [0.15, 0.2) is 30.5 Å². The van der Waals surface area contributed by atoms with Crippen LogP contribution in [0.4, 0.5) is 0 Å². The summed E-state index contributed by atoms with van der Waals surface area (Å²) >= 11 is 0. The zero-order chi connectivity index (χ0) is 14.1. The highest BCUT2D eigenvalue weighted by Gasteiger charge is 2.31. The minimum Gasteiger partial charge on any atom is -0.374 e. The number of nitrogens with one attached hydrogen (secondary N) is 2. The highest BCUT2D eigenvalue weighted by Crippen LogP contribution is 2.22. The molecule has 0 spiro atoms. The van der Waals surface area contributed by atoms with E-state index in [1.54, 1.807) is 0 Å². The molecule has 4 rings (SSSR count). The summed E-state index contributed by atoms with van der Waals surface area (Å²) in [7, 11) is 0. The van der Waals surface area contributed by atoms with E-state index in [0.717, 1.165) is 26.2 Å². The molecule has 1 aromatic heterocycles. The quantitative estimate of drug-likeness (QED) is 0.904. The molecule has 2 aromatic rings. The smallest absolute Gasteiger partial charge is 0.0827 e. The zero-order valence-electron chi connectivity index (χ0n) is 12.3. The molecule has 0 amide bonds. The first-order valence-electron chi connectivity index (χ1n) is 8.01. The third-order valence-corrected chi connectivity index (χ3v) is 4.83. The minimum absolute atomic E-state index is 0.338. The number of ether oxygens (including phenoxy) is 1. The Morgan fingerprint density at radius 3 is 3.33 bits per heavy atom. The molecule has 4 nitrogen and oxygen atoms in total. The Labute approximate surface area is 125 Å². The van der Waals surface area contributed by atoms with Gasteiger partial charge in [-0.2, -0.15) is 0 Å². The first kappa shape index (κ1) is 13.3. The number of rotatable bonds is 4. The van der Waals surface area contributed by atoms with Crippen molar-refractivity contribution in [1.29, 1.82) is 0 Å². The molecule has 2 aliphatic heterocycles. The molecule has 0 bridgehead atoms. The average Bonchev–Trinajstić information content (AvgIpc) is 3.15. The van der Waals surface area contributed by atoms with Crippen LogP contribution in [0.5, 0.6) is 0 Å². The summed E-state index contributed by atoms with van der Waals surface area (Å²) in [5.74, 6) is 0. The Morgan fingerprint density at radius 1 is 1.33 bits per heavy atom. The monoisotopic (exact) mass is 285 g/mol. The molecule has 2 saturated heterocycles. The van der Waals surface area contributed by atoms with Crippen molar-refractivity contribution in [3.63, 3.8) is 0 Å². The largest absolute Gasteiger partial charge is 0.374 e. The number of benzene rings is 1. The van der Waals surface area contributed by atoms with E-state index in [0.29, 0.717) is 12.1 Å². The van der Waals surface area contributed by atoms with Gasteiger partial charge in [-0.25, -0.2) is 0 Å². The van der Waals surface area contributed by atoms with E-state index >= 15 is 0 Å². The Bertz CT molecular complexity index is 609. The van der Waals surface area contributed by atoms with E-state index in [1.165, 1.54) is 35.9 Å². The van der Waals surface area contributed by atoms with Crippen molar-refractivity contribution in [2.45, 2.75) is 31.5 Å². The molecule has 112 valence electrons. The van der Waals surface area contributed by atoms with Crippen LogP contribution in [0.3, 0.4) is 0 Å². The molecule has 2 N–H and O–H groups in total. The highest BCUT2D eigenvalue weighted by molar-refractivity contribution is 5.82. The van der Waals surface area contributed by atoms with Gasteiger partial charge in [0.25, 0.3) is 0 Å². The lowest BCUT2D eigenvalue weighted by atomic mass is 10.1. The SMILES string of the molecule is c1cc(CNCC2CN3CCCC3CO2)c2cc[nH]c2c1. The second-order valence-electron chi connectivity index (χ2n) is 6.23. The van der Waals surface area contributed by atoms with Crippen molar-refractivity contribution >= 4 is 10.9 Å². The standard InChI is InChI=1S/C17H23N3O/c1-3-13(16-6-7-19-17(16)5-1)9-18-10-15-11-20-8-2-4-14(20)12-21-15/h1,3,5-7,14-15,18-19H,2,4,8-12H2. The molecule has 2 aliphatic rings. The van der Waals surface area contributed by atoms with Gasteiger partial charge in [0.15, 0.2) is 0 Å². The molecular formula is C17H23N3O. The van der Waals surface area contributed by atoms with Crippen LogP contribution >= 0.6 is 0 Å². The molecule has 21 heavy (non-hydrogen) atoms. The molecule has 0 radical (unpaired) electrons. The Hall–Kier alpha value is -1.36. The van der Waals surface area contributed by atoms with Crippen LogP contribution < -0.4 is 5.32 Å². The Balaban J connectivity index is 1.32. The van der Waals surface area contributed by atoms with E-state index in [1.807, 2.05) is 6.20 Å². The van der Waals surface area contributed by atoms with Crippen molar-refractivity contribution in [3.05, 3.63) is 36.0 Å². The van der Waals surface area contributed by atoms with Crippen LogP contribution in [0.25, 0.3) is 10.9 Å². The first-order valence-corrected chi connectivity index (χ1v) is 8.01. The number of nitrogens with zero attached hydrogens (tertiary/aromatic N) is 1. The molecule has 0 aliphatic carbocycles. The lowest BCUT2D eigenvalue weighted by molar-refractivity contribution is -0.0470. The van der Waals surface area contributed by atoms with Crippen molar-refractivity contribution in [3.8, 4) is 0 Å². The lowest BCUT2D eigenvalue weighted by Gasteiger charge is -2.35. The minimum atomic E-state index is 0.338. The van der Waals surface area contributed by atoms with Crippen molar-refractivity contribution in [2.24, 2.45) is 0 Å². The van der Waals surface area contributed by atoms with E-state index in [9.17, 15) is 0 Å². The fraction of sp³-hybridized carbons (Fsp3) is 0.529. The van der Waals surface area contributed by atoms with Crippen LogP contribution in [-0.2, 0) is 11.3 Å². The van der Waals surface area contributed by atoms with Gasteiger partial charge in [-0.3, -0.25) is 4.90 Å². The fourth-order valence-electron chi connectivity index (χ4n) is 3.68. The summed E-state index contributed by atoms with van der Waals surface area (Å²) in [5, 5.41) is 4.88. The van der Waals surface area contributed by atoms with Gasteiger partial charge in [0.2, 0.25) is 0 Å². The molecule has 0 saturated carbocycles. The summed E-state index contributed by atoms with van der Waals surface area (Å²) in [6.07, 6.45) is 5.00. The number of aromatic nitrogens is 1. The third kappa shape index (κ3) is 2.71. The highest BCUT2D eigenvalue weighted by atomic mass is 16.5. The molecule has 2 unspecified atom stereocenters. The summed E-state index contributed by atoms with van der Waals surface area (Å²) in [6.45, 7) is 5.10. The predicted octanol–water partition coefficient (Wildman–Crippen LogP) is 2.12. The van der Waals surface area contributed by atoms with Crippen molar-refractivity contribution in [2.75, 3.05) is 26.2 Å². The van der Waals surface area contributed by atoms with Crippen molar-refractivity contribution in [1.82, 2.24) is 15.2 Å². The van der Waals surface area contributed by atoms with Gasteiger partial charge in [-0.05, 0) is 37.1 Å². The predicted molar refractivity (Wildman–Crippen MR) is 84.3 cm³/mol. The average molecular weight is 285 g/mol. The van der Waals surface area contributed by atoms with Gasteiger partial charge >= 0.3 is 0 Å². The van der Waals surface area contributed by atoms with Gasteiger partial charge in [0.05, 0.1) is 12.7 Å². The van der Waals surface area contributed by atoms with Crippen molar-refractivity contribution < 1.29 is 4.74 Å². The summed E-state index contributed by atoms with van der Waals surface area (Å²) < 4.78 is 5.99. The van der Waals surface area contributed by atoms with Gasteiger partial charge in [0.1, 0.15) is 0 Å². The molecular weight excluding hydrogens is 262 g/mol. The number of hydrogen-bond donors (Lipinski definition) is 2. The van der Waals surface area contributed by atoms with Crippen LogP contribution in [-0.4, -0.2) is 48.3 Å². The number of morpholine rings is 1. The van der Waals surface area contributed by atoms with E-state index < -0.39 is 0 Å². The normalized spacial score (nSPS) is 26.3. The van der Waals surface area contributed by atoms with Gasteiger partial charge in [0, 0.05) is 42.8 Å². The number of aromatic amines is 1. The van der Waals surface area contributed by atoms with Gasteiger partial charge < -0.3 is 15.0 Å². The Morgan fingerprint density at radius 2 is 2.33 bits per heavy atom.